The summed E-state index contributed by atoms with van der Waals surface area (Å²) in [5.41, 5.74) is 5.52. The summed E-state index contributed by atoms with van der Waals surface area (Å²) >= 11 is 0. The van der Waals surface area contributed by atoms with E-state index in [2.05, 4.69) is 41.6 Å². The van der Waals surface area contributed by atoms with Crippen LogP contribution in [0.4, 0.5) is 0 Å². The predicted octanol–water partition coefficient (Wildman–Crippen LogP) is 4.76. The van der Waals surface area contributed by atoms with Crippen molar-refractivity contribution in [2.45, 2.75) is 51.7 Å². The minimum absolute atomic E-state index is 0.132. The quantitative estimate of drug-likeness (QED) is 0.105. The number of hydrogen-bond donors (Lipinski definition) is 2. The molecule has 4 heterocycles. The number of amides is 1. The summed E-state index contributed by atoms with van der Waals surface area (Å²) in [6.07, 6.45) is 8.27. The van der Waals surface area contributed by atoms with E-state index in [1.807, 2.05) is 84.9 Å². The van der Waals surface area contributed by atoms with E-state index in [1.165, 1.54) is 7.11 Å². The molecule has 11 nitrogen and oxygen atoms in total. The monoisotopic (exact) mass is 671 g/mol. The first kappa shape index (κ1) is 35.5. The van der Waals surface area contributed by atoms with E-state index in [0.717, 1.165) is 34.4 Å². The number of rotatable bonds is 17. The van der Waals surface area contributed by atoms with E-state index in [1.54, 1.807) is 24.8 Å². The van der Waals surface area contributed by atoms with Crippen LogP contribution < -0.4 is 5.32 Å². The van der Waals surface area contributed by atoms with Gasteiger partial charge in [-0.25, -0.2) is 4.79 Å². The zero-order valence-electron chi connectivity index (χ0n) is 28.1. The lowest BCUT2D eigenvalue weighted by molar-refractivity contribution is -0.144. The topological polar surface area (TPSA) is 134 Å². The summed E-state index contributed by atoms with van der Waals surface area (Å²) < 4.78 is 5.03. The molecule has 1 aromatic carbocycles. The highest BCUT2D eigenvalue weighted by Gasteiger charge is 2.24. The molecule has 0 unspecified atom stereocenters. The van der Waals surface area contributed by atoms with Crippen molar-refractivity contribution in [1.82, 2.24) is 35.1 Å². The minimum Gasteiger partial charge on any atom is -0.507 e. The first-order chi connectivity index (χ1) is 24.4. The van der Waals surface area contributed by atoms with E-state index in [9.17, 15) is 14.7 Å². The zero-order valence-corrected chi connectivity index (χ0v) is 28.1. The third-order valence-corrected chi connectivity index (χ3v) is 7.99. The SMILES string of the molecule is C=CC(=O)N[C@@H](Cc1cc(CN(Cc2ccccn2)Cc2ccccn2)c(O)c(CN(Cc2ccccn2)Cc2ccccn2)c1)C(=O)OC. The van der Waals surface area contributed by atoms with Gasteiger partial charge in [0.2, 0.25) is 5.91 Å². The average molecular weight is 672 g/mol. The summed E-state index contributed by atoms with van der Waals surface area (Å²) in [5.74, 6) is -0.943. The van der Waals surface area contributed by atoms with Gasteiger partial charge >= 0.3 is 5.97 Å². The second-order valence-corrected chi connectivity index (χ2v) is 11.8. The maximum Gasteiger partial charge on any atom is 0.328 e. The molecule has 0 aliphatic rings. The molecule has 5 rings (SSSR count). The maximum absolute atomic E-state index is 12.8. The molecule has 0 aliphatic heterocycles. The van der Waals surface area contributed by atoms with Gasteiger partial charge in [-0.1, -0.05) is 43.0 Å². The van der Waals surface area contributed by atoms with Gasteiger partial charge in [0.1, 0.15) is 11.8 Å². The second kappa shape index (κ2) is 18.1. The molecule has 50 heavy (non-hydrogen) atoms. The van der Waals surface area contributed by atoms with Gasteiger partial charge in [-0.3, -0.25) is 34.5 Å². The van der Waals surface area contributed by atoms with Crippen molar-refractivity contribution in [3.05, 3.63) is 162 Å². The van der Waals surface area contributed by atoms with Crippen molar-refractivity contribution in [3.63, 3.8) is 0 Å². The Morgan fingerprint density at radius 1 is 0.720 bits per heavy atom. The number of nitrogens with zero attached hydrogens (tertiary/aromatic N) is 6. The summed E-state index contributed by atoms with van der Waals surface area (Å²) in [6, 6.07) is 25.9. The van der Waals surface area contributed by atoms with Crippen LogP contribution in [0, 0.1) is 0 Å². The van der Waals surface area contributed by atoms with Gasteiger partial charge in [-0.15, -0.1) is 0 Å². The summed E-state index contributed by atoms with van der Waals surface area (Å²) in [7, 11) is 1.28. The molecule has 11 heteroatoms. The number of esters is 1. The van der Waals surface area contributed by atoms with Gasteiger partial charge < -0.3 is 15.2 Å². The highest BCUT2D eigenvalue weighted by Crippen LogP contribution is 2.30. The van der Waals surface area contributed by atoms with Crippen LogP contribution in [0.2, 0.25) is 0 Å². The van der Waals surface area contributed by atoms with E-state index in [0.29, 0.717) is 50.4 Å². The Bertz CT molecular complexity index is 1630. The largest absolute Gasteiger partial charge is 0.507 e. The predicted molar refractivity (Wildman–Crippen MR) is 189 cm³/mol. The Kier molecular flexibility index (Phi) is 12.9. The number of carbonyl (C=O) groups is 2. The van der Waals surface area contributed by atoms with Crippen molar-refractivity contribution in [2.24, 2.45) is 0 Å². The molecule has 256 valence electrons. The van der Waals surface area contributed by atoms with Crippen molar-refractivity contribution in [3.8, 4) is 5.75 Å². The Morgan fingerprint density at radius 2 is 1.12 bits per heavy atom. The van der Waals surface area contributed by atoms with Crippen molar-refractivity contribution >= 4 is 11.9 Å². The smallest absolute Gasteiger partial charge is 0.328 e. The molecular weight excluding hydrogens is 630 g/mol. The van der Waals surface area contributed by atoms with Crippen LogP contribution in [0.25, 0.3) is 0 Å². The Balaban J connectivity index is 1.54. The summed E-state index contributed by atoms with van der Waals surface area (Å²) in [6.45, 7) is 6.23. The molecule has 0 bridgehead atoms. The van der Waals surface area contributed by atoms with E-state index in [-0.39, 0.29) is 12.2 Å². The molecule has 0 aliphatic carbocycles. The molecule has 0 radical (unpaired) electrons. The van der Waals surface area contributed by atoms with Crippen LogP contribution in [0.15, 0.2) is 122 Å². The number of benzene rings is 1. The fourth-order valence-electron chi connectivity index (χ4n) is 5.69. The lowest BCUT2D eigenvalue weighted by atomic mass is 9.97. The number of methoxy groups -OCH3 is 1. The summed E-state index contributed by atoms with van der Waals surface area (Å²) in [5, 5.41) is 14.6. The number of hydrogen-bond acceptors (Lipinski definition) is 10. The van der Waals surface area contributed by atoms with Gasteiger partial charge in [0.05, 0.1) is 29.9 Å². The van der Waals surface area contributed by atoms with Crippen molar-refractivity contribution < 1.29 is 19.4 Å². The highest BCUT2D eigenvalue weighted by atomic mass is 16.5. The minimum atomic E-state index is -0.966. The standard InChI is InChI=1S/C39H41N7O4/c1-3-37(47)44-36(39(49)50-2)22-29-20-30(23-45(25-32-12-4-8-16-40-32)26-33-13-5-9-17-41-33)38(48)31(21-29)24-46(27-34-14-6-10-18-42-34)28-35-15-7-11-19-43-35/h3-21,36,48H,1,22-28H2,2H3,(H,44,47)/t36-/m0/s1. The fraction of sp³-hybridized carbons (Fsp3) is 0.231. The molecule has 1 amide bonds. The highest BCUT2D eigenvalue weighted by molar-refractivity contribution is 5.91. The second-order valence-electron chi connectivity index (χ2n) is 11.8. The zero-order chi connectivity index (χ0) is 35.1. The van der Waals surface area contributed by atoms with E-state index >= 15 is 0 Å². The third-order valence-electron chi connectivity index (χ3n) is 7.99. The van der Waals surface area contributed by atoms with Crippen LogP contribution >= 0.6 is 0 Å². The first-order valence-corrected chi connectivity index (χ1v) is 16.3. The molecule has 0 saturated carbocycles. The van der Waals surface area contributed by atoms with Gasteiger partial charge in [-0.2, -0.15) is 0 Å². The number of phenolic OH excluding ortho intramolecular Hbond substituents is 1. The Labute approximate surface area is 292 Å². The number of aromatic nitrogens is 4. The molecule has 4 aromatic heterocycles. The maximum atomic E-state index is 12.8. The molecule has 0 saturated heterocycles. The van der Waals surface area contributed by atoms with Crippen LogP contribution in [0.3, 0.4) is 0 Å². The average Bonchev–Trinajstić information content (AvgIpc) is 3.14. The molecule has 0 fully saturated rings. The number of carbonyl (C=O) groups excluding carboxylic acids is 2. The third kappa shape index (κ3) is 10.6. The Hall–Kier alpha value is -5.78. The summed E-state index contributed by atoms with van der Waals surface area (Å²) in [4.78, 5) is 47.6. The normalized spacial score (nSPS) is 11.7. The lowest BCUT2D eigenvalue weighted by Crippen LogP contribution is -2.42. The van der Waals surface area contributed by atoms with Crippen LogP contribution in [0.5, 0.6) is 5.75 Å². The van der Waals surface area contributed by atoms with Crippen LogP contribution in [-0.2, 0) is 60.0 Å². The van der Waals surface area contributed by atoms with Crippen LogP contribution in [0.1, 0.15) is 39.5 Å². The van der Waals surface area contributed by atoms with Crippen molar-refractivity contribution in [1.29, 1.82) is 0 Å². The van der Waals surface area contributed by atoms with Crippen molar-refractivity contribution in [2.75, 3.05) is 7.11 Å². The molecule has 0 spiro atoms. The number of phenols is 1. The number of ether oxygens (including phenoxy) is 1. The molecule has 2 N–H and O–H groups in total. The fourth-order valence-corrected chi connectivity index (χ4v) is 5.69. The van der Waals surface area contributed by atoms with E-state index in [4.69, 9.17) is 4.74 Å². The van der Waals surface area contributed by atoms with E-state index < -0.39 is 17.9 Å². The Morgan fingerprint density at radius 3 is 1.44 bits per heavy atom. The van der Waals surface area contributed by atoms with Gasteiger partial charge in [-0.05, 0) is 60.2 Å². The molecular formula is C39H41N7O4. The number of pyridine rings is 4. The lowest BCUT2D eigenvalue weighted by Gasteiger charge is -2.26. The molecule has 5 aromatic rings. The van der Waals surface area contributed by atoms with Gasteiger partial charge in [0.15, 0.2) is 0 Å². The van der Waals surface area contributed by atoms with Gasteiger partial charge in [0, 0.05) is 81.6 Å². The molecule has 1 atom stereocenters. The van der Waals surface area contributed by atoms with Crippen LogP contribution in [-0.4, -0.2) is 59.9 Å². The van der Waals surface area contributed by atoms with Gasteiger partial charge in [0.25, 0.3) is 0 Å². The number of nitrogens with one attached hydrogen (secondary N) is 1. The first-order valence-electron chi connectivity index (χ1n) is 16.3. The number of aromatic hydroxyl groups is 1.